The SMILES string of the molecule is Cc1[c-]n(C)c(C)c1C.[CH-]=C(C)C=C(C)C.[Ru+2]. The standard InChI is InChI=1S/C8H12N.C7H11.Ru/c1-6-5-9(4)8(3)7(6)2;1-6(2)5-7(3)4;/h1-4H3;1,5H,2-4H3;/q2*-1;+2. The van der Waals surface area contributed by atoms with E-state index in [0.29, 0.717) is 0 Å². The zero-order chi connectivity index (χ0) is 12.9. The van der Waals surface area contributed by atoms with E-state index >= 15 is 0 Å². The molecule has 0 aromatic carbocycles. The van der Waals surface area contributed by atoms with Gasteiger partial charge in [-0.2, -0.15) is 16.7 Å². The Labute approximate surface area is 119 Å². The van der Waals surface area contributed by atoms with Gasteiger partial charge in [0.25, 0.3) is 0 Å². The first kappa shape index (κ1) is 18.7. The molecule has 1 rings (SSSR count). The molecule has 1 heterocycles. The average Bonchev–Trinajstić information content (AvgIpc) is 2.32. The molecule has 0 atom stereocenters. The van der Waals surface area contributed by atoms with Gasteiger partial charge >= 0.3 is 19.5 Å². The third-order valence-electron chi connectivity index (χ3n) is 2.46. The van der Waals surface area contributed by atoms with E-state index in [1.807, 2.05) is 38.5 Å². The minimum absolute atomic E-state index is 0. The Bertz CT molecular complexity index is 371. The molecule has 0 spiro atoms. The van der Waals surface area contributed by atoms with Gasteiger partial charge in [-0.1, -0.05) is 41.5 Å². The van der Waals surface area contributed by atoms with Crippen LogP contribution in [0.3, 0.4) is 0 Å². The van der Waals surface area contributed by atoms with Gasteiger partial charge in [0, 0.05) is 0 Å². The zero-order valence-electron chi connectivity index (χ0n) is 12.0. The molecular formula is C15H23NRu. The Balaban J connectivity index is 0. The molecule has 0 aliphatic heterocycles. The monoisotopic (exact) mass is 319 g/mol. The Morgan fingerprint density at radius 2 is 1.65 bits per heavy atom. The summed E-state index contributed by atoms with van der Waals surface area (Å²) in [5, 5.41) is 0. The Morgan fingerprint density at radius 3 is 1.71 bits per heavy atom. The normalized spacial score (nSPS) is 8.65. The largest absolute Gasteiger partial charge is 2.00 e. The first-order valence-electron chi connectivity index (χ1n) is 5.51. The number of aromatic nitrogens is 1. The molecule has 2 heteroatoms. The molecule has 0 amide bonds. The first-order chi connectivity index (χ1) is 7.25. The second kappa shape index (κ2) is 8.47. The van der Waals surface area contributed by atoms with Gasteiger partial charge < -0.3 is 4.57 Å². The van der Waals surface area contributed by atoms with Crippen molar-refractivity contribution in [3.05, 3.63) is 46.8 Å². The van der Waals surface area contributed by atoms with Crippen molar-refractivity contribution >= 4 is 0 Å². The van der Waals surface area contributed by atoms with E-state index in [4.69, 9.17) is 6.58 Å². The molecule has 1 nitrogen and oxygen atoms in total. The van der Waals surface area contributed by atoms with Crippen LogP contribution < -0.4 is 0 Å². The van der Waals surface area contributed by atoms with Crippen LogP contribution in [0, 0.1) is 33.5 Å². The summed E-state index contributed by atoms with van der Waals surface area (Å²) in [5.74, 6) is 0. The fourth-order valence-corrected chi connectivity index (χ4v) is 1.40. The average molecular weight is 318 g/mol. The van der Waals surface area contributed by atoms with E-state index in [1.54, 1.807) is 0 Å². The number of hydrogen-bond donors (Lipinski definition) is 0. The molecule has 0 radical (unpaired) electrons. The fourth-order valence-electron chi connectivity index (χ4n) is 1.40. The quantitative estimate of drug-likeness (QED) is 0.418. The third kappa shape index (κ3) is 7.33. The number of rotatable bonds is 1. The summed E-state index contributed by atoms with van der Waals surface area (Å²) in [4.78, 5) is 0. The minimum atomic E-state index is 0. The maximum Gasteiger partial charge on any atom is 2.00 e. The molecule has 1 aromatic heterocycles. The molecule has 0 saturated heterocycles. The van der Waals surface area contributed by atoms with Crippen molar-refractivity contribution in [2.24, 2.45) is 7.05 Å². The van der Waals surface area contributed by atoms with Crippen molar-refractivity contribution < 1.29 is 19.5 Å². The molecule has 1 aromatic rings. The molecule has 0 bridgehead atoms. The number of hydrogen-bond acceptors (Lipinski definition) is 0. The minimum Gasteiger partial charge on any atom is -0.470 e. The van der Waals surface area contributed by atoms with Crippen molar-refractivity contribution in [3.63, 3.8) is 0 Å². The molecule has 0 aliphatic rings. The molecule has 0 saturated carbocycles. The van der Waals surface area contributed by atoms with Crippen LogP contribution in [-0.4, -0.2) is 4.57 Å². The van der Waals surface area contributed by atoms with Gasteiger partial charge in [0.05, 0.1) is 0 Å². The van der Waals surface area contributed by atoms with Crippen LogP contribution in [0.25, 0.3) is 0 Å². The van der Waals surface area contributed by atoms with Crippen LogP contribution in [0.15, 0.2) is 17.2 Å². The van der Waals surface area contributed by atoms with Crippen LogP contribution in [0.4, 0.5) is 0 Å². The maximum atomic E-state index is 5.33. The van der Waals surface area contributed by atoms with Gasteiger partial charge in [-0.3, -0.25) is 6.58 Å². The summed E-state index contributed by atoms with van der Waals surface area (Å²) in [7, 11) is 2.02. The zero-order valence-corrected chi connectivity index (χ0v) is 13.7. The Morgan fingerprint density at radius 1 is 1.18 bits per heavy atom. The van der Waals surface area contributed by atoms with Crippen LogP contribution in [0.5, 0.6) is 0 Å². The molecule has 0 aliphatic carbocycles. The molecule has 0 N–H and O–H groups in total. The van der Waals surface area contributed by atoms with E-state index in [9.17, 15) is 0 Å². The van der Waals surface area contributed by atoms with Crippen molar-refractivity contribution in [2.45, 2.75) is 41.5 Å². The van der Waals surface area contributed by atoms with E-state index in [1.165, 1.54) is 22.4 Å². The molecule has 17 heavy (non-hydrogen) atoms. The van der Waals surface area contributed by atoms with Crippen LogP contribution in [0.2, 0.25) is 0 Å². The second-order valence-electron chi connectivity index (χ2n) is 4.47. The summed E-state index contributed by atoms with van der Waals surface area (Å²) in [6, 6.07) is 0. The van der Waals surface area contributed by atoms with Crippen molar-refractivity contribution in [3.8, 4) is 0 Å². The number of allylic oxidation sites excluding steroid dienone is 3. The van der Waals surface area contributed by atoms with Gasteiger partial charge in [-0.25, -0.2) is 11.6 Å². The van der Waals surface area contributed by atoms with Gasteiger partial charge in [0.2, 0.25) is 0 Å². The Kier molecular flexibility index (Phi) is 9.34. The Hall–Kier alpha value is -0.617. The molecule has 0 unspecified atom stereocenters. The fraction of sp³-hybridized carbons (Fsp3) is 0.467. The van der Waals surface area contributed by atoms with E-state index < -0.39 is 0 Å². The topological polar surface area (TPSA) is 4.93 Å². The molecule has 96 valence electrons. The third-order valence-corrected chi connectivity index (χ3v) is 2.46. The van der Waals surface area contributed by atoms with E-state index in [-0.39, 0.29) is 19.5 Å². The van der Waals surface area contributed by atoms with Crippen molar-refractivity contribution in [1.29, 1.82) is 0 Å². The number of nitrogens with zero attached hydrogens (tertiary/aromatic N) is 1. The van der Waals surface area contributed by atoms with E-state index in [2.05, 4.69) is 27.0 Å². The summed E-state index contributed by atoms with van der Waals surface area (Å²) < 4.78 is 2.03. The molecule has 0 fully saturated rings. The van der Waals surface area contributed by atoms with Gasteiger partial charge in [0.1, 0.15) is 0 Å². The van der Waals surface area contributed by atoms with Crippen molar-refractivity contribution in [1.82, 2.24) is 4.57 Å². The maximum absolute atomic E-state index is 5.33. The summed E-state index contributed by atoms with van der Waals surface area (Å²) in [6.07, 6.45) is 5.14. The van der Waals surface area contributed by atoms with Crippen LogP contribution in [0.1, 0.15) is 37.6 Å². The first-order valence-corrected chi connectivity index (χ1v) is 5.51. The smallest absolute Gasteiger partial charge is 0.470 e. The van der Waals surface area contributed by atoms with Gasteiger partial charge in [-0.05, 0) is 7.05 Å². The van der Waals surface area contributed by atoms with Crippen molar-refractivity contribution in [2.75, 3.05) is 0 Å². The number of aryl methyl sites for hydroxylation is 2. The predicted molar refractivity (Wildman–Crippen MR) is 71.4 cm³/mol. The predicted octanol–water partition coefficient (Wildman–Crippen LogP) is 4.08. The van der Waals surface area contributed by atoms with Crippen LogP contribution in [-0.2, 0) is 26.5 Å². The van der Waals surface area contributed by atoms with E-state index in [0.717, 1.165) is 5.57 Å². The van der Waals surface area contributed by atoms with Gasteiger partial charge in [0.15, 0.2) is 0 Å². The molecular weight excluding hydrogens is 295 g/mol. The summed E-state index contributed by atoms with van der Waals surface area (Å²) >= 11 is 0. The van der Waals surface area contributed by atoms with Gasteiger partial charge in [-0.15, -0.1) is 11.9 Å². The second-order valence-corrected chi connectivity index (χ2v) is 4.47. The van der Waals surface area contributed by atoms with Crippen LogP contribution >= 0.6 is 0 Å². The summed E-state index contributed by atoms with van der Waals surface area (Å²) in [6.45, 7) is 17.6. The summed E-state index contributed by atoms with van der Waals surface area (Å²) in [5.41, 5.74) is 6.06.